The number of halogens is 1. The van der Waals surface area contributed by atoms with Gasteiger partial charge in [-0.15, -0.1) is 0 Å². The van der Waals surface area contributed by atoms with Gasteiger partial charge in [-0.2, -0.15) is 0 Å². The number of rotatable bonds is 7. The summed E-state index contributed by atoms with van der Waals surface area (Å²) in [5.41, 5.74) is 0.199. The summed E-state index contributed by atoms with van der Waals surface area (Å²) in [6.07, 6.45) is 2.69. The Balaban J connectivity index is 3.01. The van der Waals surface area contributed by atoms with E-state index in [1.165, 1.54) is 19.1 Å². The molecule has 4 nitrogen and oxygen atoms in total. The van der Waals surface area contributed by atoms with Crippen LogP contribution in [-0.4, -0.2) is 19.6 Å². The molecule has 1 atom stereocenters. The average Bonchev–Trinajstić information content (AvgIpc) is 2.38. The highest BCUT2D eigenvalue weighted by Gasteiger charge is 2.20. The number of sulfonamides is 1. The van der Waals surface area contributed by atoms with Gasteiger partial charge in [-0.25, -0.2) is 17.5 Å². The molecule has 20 heavy (non-hydrogen) atoms. The van der Waals surface area contributed by atoms with Crippen LogP contribution in [0.2, 0.25) is 0 Å². The second kappa shape index (κ2) is 7.15. The molecule has 0 aliphatic rings. The summed E-state index contributed by atoms with van der Waals surface area (Å²) in [6, 6.07) is 2.28. The van der Waals surface area contributed by atoms with Crippen molar-refractivity contribution in [2.45, 2.75) is 57.6 Å². The molecule has 0 amide bonds. The van der Waals surface area contributed by atoms with Crippen molar-refractivity contribution in [1.29, 1.82) is 0 Å². The van der Waals surface area contributed by atoms with E-state index >= 15 is 0 Å². The molecule has 0 radical (unpaired) electrons. The molecule has 0 saturated heterocycles. The SMILES string of the molecule is CCCCC(C)NS(=O)(=O)c1cc(C)c(F)c(CO)c1. The molecule has 2 N–H and O–H groups in total. The molecule has 0 aromatic heterocycles. The number of aliphatic hydroxyl groups is 1. The summed E-state index contributed by atoms with van der Waals surface area (Å²) in [6.45, 7) is 4.80. The lowest BCUT2D eigenvalue weighted by Gasteiger charge is -2.15. The molecule has 0 fully saturated rings. The lowest BCUT2D eigenvalue weighted by Crippen LogP contribution is -2.32. The van der Waals surface area contributed by atoms with Crippen molar-refractivity contribution in [3.8, 4) is 0 Å². The van der Waals surface area contributed by atoms with Gasteiger partial charge in [-0.3, -0.25) is 0 Å². The van der Waals surface area contributed by atoms with Crippen LogP contribution in [-0.2, 0) is 16.6 Å². The highest BCUT2D eigenvalue weighted by atomic mass is 32.2. The summed E-state index contributed by atoms with van der Waals surface area (Å²) in [4.78, 5) is -0.0104. The van der Waals surface area contributed by atoms with Gasteiger partial charge < -0.3 is 5.11 Å². The Hall–Kier alpha value is -0.980. The van der Waals surface area contributed by atoms with Crippen LogP contribution in [0.15, 0.2) is 17.0 Å². The van der Waals surface area contributed by atoms with E-state index in [2.05, 4.69) is 4.72 Å². The van der Waals surface area contributed by atoms with Crippen LogP contribution in [0.3, 0.4) is 0 Å². The molecule has 0 heterocycles. The van der Waals surface area contributed by atoms with Gasteiger partial charge in [0.2, 0.25) is 10.0 Å². The van der Waals surface area contributed by atoms with Gasteiger partial charge in [-0.1, -0.05) is 19.8 Å². The van der Waals surface area contributed by atoms with Gasteiger partial charge in [0, 0.05) is 11.6 Å². The first-order valence-electron chi connectivity index (χ1n) is 6.74. The Bertz CT molecular complexity index is 558. The fourth-order valence-electron chi connectivity index (χ4n) is 1.98. The fourth-order valence-corrected chi connectivity index (χ4v) is 3.39. The van der Waals surface area contributed by atoms with Crippen molar-refractivity contribution in [3.05, 3.63) is 29.1 Å². The molecule has 0 aliphatic carbocycles. The summed E-state index contributed by atoms with van der Waals surface area (Å²) >= 11 is 0. The minimum Gasteiger partial charge on any atom is -0.392 e. The maximum atomic E-state index is 13.6. The van der Waals surface area contributed by atoms with Gasteiger partial charge in [0.05, 0.1) is 11.5 Å². The van der Waals surface area contributed by atoms with Gasteiger partial charge in [0.15, 0.2) is 0 Å². The third kappa shape index (κ3) is 4.26. The monoisotopic (exact) mass is 303 g/mol. The Morgan fingerprint density at radius 2 is 2.05 bits per heavy atom. The molecule has 1 aromatic rings. The molecule has 0 aliphatic heterocycles. The highest BCUT2D eigenvalue weighted by Crippen LogP contribution is 2.20. The molecule has 1 unspecified atom stereocenters. The number of nitrogens with one attached hydrogen (secondary N) is 1. The van der Waals surface area contributed by atoms with Crippen LogP contribution in [0.1, 0.15) is 44.2 Å². The number of hydrogen-bond acceptors (Lipinski definition) is 3. The molecule has 114 valence electrons. The molecule has 0 bridgehead atoms. The third-order valence-corrected chi connectivity index (χ3v) is 4.70. The second-order valence-electron chi connectivity index (χ2n) is 5.04. The number of aliphatic hydroxyl groups excluding tert-OH is 1. The standard InChI is InChI=1S/C14H22FNO3S/c1-4-5-6-11(3)16-20(18,19)13-7-10(2)14(15)12(8-13)9-17/h7-8,11,16-17H,4-6,9H2,1-3H3. The fraction of sp³-hybridized carbons (Fsp3) is 0.571. The lowest BCUT2D eigenvalue weighted by atomic mass is 10.1. The zero-order valence-electron chi connectivity index (χ0n) is 12.1. The Morgan fingerprint density at radius 1 is 1.40 bits per heavy atom. The Kier molecular flexibility index (Phi) is 6.10. The number of unbranched alkanes of at least 4 members (excludes halogenated alkanes) is 1. The smallest absolute Gasteiger partial charge is 0.240 e. The molecule has 6 heteroatoms. The summed E-state index contributed by atoms with van der Waals surface area (Å²) < 4.78 is 40.6. The van der Waals surface area contributed by atoms with Crippen LogP contribution in [0.25, 0.3) is 0 Å². The number of benzene rings is 1. The topological polar surface area (TPSA) is 66.4 Å². The van der Waals surface area contributed by atoms with Crippen molar-refractivity contribution in [2.24, 2.45) is 0 Å². The first-order chi connectivity index (χ1) is 9.31. The Labute approximate surface area is 120 Å². The quantitative estimate of drug-likeness (QED) is 0.813. The normalized spacial score (nSPS) is 13.4. The van der Waals surface area contributed by atoms with E-state index in [4.69, 9.17) is 5.11 Å². The van der Waals surface area contributed by atoms with Crippen LogP contribution in [0.5, 0.6) is 0 Å². The molecular weight excluding hydrogens is 281 g/mol. The number of hydrogen-bond donors (Lipinski definition) is 2. The number of aryl methyl sites for hydroxylation is 1. The zero-order chi connectivity index (χ0) is 15.3. The minimum atomic E-state index is -3.69. The summed E-state index contributed by atoms with van der Waals surface area (Å²) in [5.74, 6) is -0.564. The summed E-state index contributed by atoms with van der Waals surface area (Å²) in [7, 11) is -3.69. The Morgan fingerprint density at radius 3 is 2.60 bits per heavy atom. The minimum absolute atomic E-state index is 0.00779. The van der Waals surface area contributed by atoms with E-state index in [1.807, 2.05) is 6.92 Å². The third-order valence-electron chi connectivity index (χ3n) is 3.13. The first-order valence-corrected chi connectivity index (χ1v) is 8.22. The van der Waals surface area contributed by atoms with Gasteiger partial charge >= 0.3 is 0 Å². The maximum absolute atomic E-state index is 13.6. The van der Waals surface area contributed by atoms with E-state index < -0.39 is 22.4 Å². The van der Waals surface area contributed by atoms with Gasteiger partial charge in [0.25, 0.3) is 0 Å². The van der Waals surface area contributed by atoms with Gasteiger partial charge in [0.1, 0.15) is 5.82 Å². The molecule has 0 spiro atoms. The van der Waals surface area contributed by atoms with E-state index in [0.29, 0.717) is 0 Å². The van der Waals surface area contributed by atoms with E-state index in [1.54, 1.807) is 6.92 Å². The van der Waals surface area contributed by atoms with Crippen molar-refractivity contribution in [3.63, 3.8) is 0 Å². The van der Waals surface area contributed by atoms with E-state index in [9.17, 15) is 12.8 Å². The molecule has 1 rings (SSSR count). The van der Waals surface area contributed by atoms with E-state index in [0.717, 1.165) is 19.3 Å². The van der Waals surface area contributed by atoms with Crippen LogP contribution in [0, 0.1) is 12.7 Å². The van der Waals surface area contributed by atoms with E-state index in [-0.39, 0.29) is 22.1 Å². The highest BCUT2D eigenvalue weighted by molar-refractivity contribution is 7.89. The van der Waals surface area contributed by atoms with Crippen LogP contribution >= 0.6 is 0 Å². The van der Waals surface area contributed by atoms with Crippen LogP contribution in [0.4, 0.5) is 4.39 Å². The molecule has 0 saturated carbocycles. The van der Waals surface area contributed by atoms with Crippen molar-refractivity contribution < 1.29 is 17.9 Å². The molecule has 1 aromatic carbocycles. The second-order valence-corrected chi connectivity index (χ2v) is 6.75. The van der Waals surface area contributed by atoms with Gasteiger partial charge in [-0.05, 0) is 38.0 Å². The zero-order valence-corrected chi connectivity index (χ0v) is 12.9. The maximum Gasteiger partial charge on any atom is 0.240 e. The average molecular weight is 303 g/mol. The predicted molar refractivity (Wildman–Crippen MR) is 76.4 cm³/mol. The lowest BCUT2D eigenvalue weighted by molar-refractivity contribution is 0.275. The predicted octanol–water partition coefficient (Wildman–Crippen LogP) is 2.48. The van der Waals surface area contributed by atoms with Crippen molar-refractivity contribution in [1.82, 2.24) is 4.72 Å². The van der Waals surface area contributed by atoms with Crippen molar-refractivity contribution in [2.75, 3.05) is 0 Å². The first kappa shape index (κ1) is 17.1. The summed E-state index contributed by atoms with van der Waals surface area (Å²) in [5, 5.41) is 9.08. The molecular formula is C14H22FNO3S. The van der Waals surface area contributed by atoms with Crippen molar-refractivity contribution >= 4 is 10.0 Å². The van der Waals surface area contributed by atoms with Crippen LogP contribution < -0.4 is 4.72 Å². The largest absolute Gasteiger partial charge is 0.392 e.